The van der Waals surface area contributed by atoms with E-state index in [9.17, 15) is 18.0 Å². The third-order valence-electron chi connectivity index (χ3n) is 5.16. The molecule has 0 atom stereocenters. The maximum Gasteiger partial charge on any atom is 0.332 e. The van der Waals surface area contributed by atoms with E-state index in [-0.39, 0.29) is 16.8 Å². The van der Waals surface area contributed by atoms with Crippen molar-refractivity contribution in [2.45, 2.75) is 42.4 Å². The van der Waals surface area contributed by atoms with Gasteiger partial charge in [0.1, 0.15) is 5.75 Å². The van der Waals surface area contributed by atoms with Crippen molar-refractivity contribution in [3.63, 3.8) is 0 Å². The van der Waals surface area contributed by atoms with Gasteiger partial charge in [-0.2, -0.15) is 0 Å². The first kappa shape index (κ1) is 20.2. The molecule has 0 unspecified atom stereocenters. The van der Waals surface area contributed by atoms with Crippen LogP contribution in [0, 0.1) is 0 Å². The molecule has 8 heteroatoms. The van der Waals surface area contributed by atoms with Gasteiger partial charge < -0.3 is 4.74 Å². The number of benzene rings is 2. The zero-order chi connectivity index (χ0) is 21.1. The molecule has 0 aliphatic heterocycles. The van der Waals surface area contributed by atoms with Gasteiger partial charge in [0.15, 0.2) is 9.84 Å². The summed E-state index contributed by atoms with van der Waals surface area (Å²) in [5.74, 6) is 0.413. The summed E-state index contributed by atoms with van der Waals surface area (Å²) < 4.78 is 33.0. The zero-order valence-corrected chi connectivity index (χ0v) is 17.1. The average Bonchev–Trinajstić information content (AvgIpc) is 3.22. The number of aromatic nitrogens is 2. The van der Waals surface area contributed by atoms with Crippen molar-refractivity contribution in [2.24, 2.45) is 0 Å². The number of hydrogen-bond donors (Lipinski definition) is 1. The summed E-state index contributed by atoms with van der Waals surface area (Å²) in [7, 11) is -3.56. The van der Waals surface area contributed by atoms with E-state index in [0.717, 1.165) is 25.7 Å². The summed E-state index contributed by atoms with van der Waals surface area (Å²) in [6.45, 7) is 0. The highest BCUT2D eigenvalue weighted by molar-refractivity contribution is 7.90. The Balaban J connectivity index is 1.52. The third-order valence-corrected chi connectivity index (χ3v) is 6.85. The molecule has 1 heterocycles. The number of sulfone groups is 1. The number of ether oxygens (including phenoxy) is 1. The molecule has 3 aromatic rings. The Labute approximate surface area is 173 Å². The fraction of sp³-hybridized carbons (Fsp3) is 0.273. The monoisotopic (exact) mass is 426 g/mol. The highest BCUT2D eigenvalue weighted by Crippen LogP contribution is 2.27. The second kappa shape index (κ2) is 8.31. The maximum atomic E-state index is 12.9. The smallest absolute Gasteiger partial charge is 0.332 e. The first-order valence-electron chi connectivity index (χ1n) is 9.81. The van der Waals surface area contributed by atoms with E-state index in [1.54, 1.807) is 48.5 Å². The van der Waals surface area contributed by atoms with E-state index >= 15 is 0 Å². The molecule has 1 aliphatic carbocycles. The van der Waals surface area contributed by atoms with Gasteiger partial charge in [0, 0.05) is 12.3 Å². The van der Waals surface area contributed by atoms with Crippen LogP contribution in [-0.2, 0) is 15.6 Å². The number of hydrogen-bond acceptors (Lipinski definition) is 5. The quantitative estimate of drug-likeness (QED) is 0.654. The van der Waals surface area contributed by atoms with Crippen LogP contribution >= 0.6 is 0 Å². The summed E-state index contributed by atoms with van der Waals surface area (Å²) >= 11 is 0. The fourth-order valence-electron chi connectivity index (χ4n) is 3.62. The molecular weight excluding hydrogens is 404 g/mol. The minimum absolute atomic E-state index is 0.159. The van der Waals surface area contributed by atoms with Crippen LogP contribution in [0.5, 0.6) is 5.75 Å². The summed E-state index contributed by atoms with van der Waals surface area (Å²) in [5.41, 5.74) is 0.0998. The topological polar surface area (TPSA) is 98.2 Å². The fourth-order valence-corrected chi connectivity index (χ4v) is 5.00. The largest absolute Gasteiger partial charge is 0.490 e. The van der Waals surface area contributed by atoms with Crippen LogP contribution < -0.4 is 16.0 Å². The first-order chi connectivity index (χ1) is 14.4. The predicted molar refractivity (Wildman–Crippen MR) is 113 cm³/mol. The predicted octanol–water partition coefficient (Wildman–Crippen LogP) is 2.82. The molecule has 0 saturated heterocycles. The Kier molecular flexibility index (Phi) is 5.59. The Morgan fingerprint density at radius 1 is 1.00 bits per heavy atom. The summed E-state index contributed by atoms with van der Waals surface area (Å²) in [4.78, 5) is 25.5. The minimum atomic E-state index is -3.56. The summed E-state index contributed by atoms with van der Waals surface area (Å²) in [6.07, 6.45) is 5.83. The lowest BCUT2D eigenvalue weighted by molar-refractivity contribution is 0.209. The maximum absolute atomic E-state index is 12.9. The van der Waals surface area contributed by atoms with E-state index in [1.807, 2.05) is 0 Å². The first-order valence-corrected chi connectivity index (χ1v) is 11.5. The van der Waals surface area contributed by atoms with E-state index in [0.29, 0.717) is 17.0 Å². The highest BCUT2D eigenvalue weighted by atomic mass is 32.2. The Morgan fingerprint density at radius 2 is 1.73 bits per heavy atom. The molecule has 30 heavy (non-hydrogen) atoms. The van der Waals surface area contributed by atoms with Crippen molar-refractivity contribution in [3.05, 3.63) is 87.2 Å². The van der Waals surface area contributed by atoms with Gasteiger partial charge in [-0.15, -0.1) is 0 Å². The van der Waals surface area contributed by atoms with Gasteiger partial charge in [-0.3, -0.25) is 14.3 Å². The standard InChI is InChI=1S/C22H22N2O5S/c25-21-12-13-24(22(26)23-21)17-10-8-16(9-11-17)15-30(27,28)20-7-3-6-19(14-20)29-18-4-1-2-5-18/h3,6-14,18H,1-2,4-5,15H2,(H,23,25,26). The van der Waals surface area contributed by atoms with Crippen molar-refractivity contribution < 1.29 is 13.2 Å². The number of H-pyrrole nitrogens is 1. The van der Waals surface area contributed by atoms with Crippen molar-refractivity contribution in [3.8, 4) is 11.4 Å². The second-order valence-corrected chi connectivity index (χ2v) is 9.39. The van der Waals surface area contributed by atoms with Crippen LogP contribution in [0.2, 0.25) is 0 Å². The number of nitrogens with one attached hydrogen (secondary N) is 1. The van der Waals surface area contributed by atoms with Gasteiger partial charge in [0.2, 0.25) is 0 Å². The van der Waals surface area contributed by atoms with Crippen LogP contribution in [0.4, 0.5) is 0 Å². The summed E-state index contributed by atoms with van der Waals surface area (Å²) in [6, 6.07) is 14.5. The Morgan fingerprint density at radius 3 is 2.43 bits per heavy atom. The number of aromatic amines is 1. The molecule has 0 amide bonds. The van der Waals surface area contributed by atoms with Crippen LogP contribution in [0.3, 0.4) is 0 Å². The van der Waals surface area contributed by atoms with E-state index in [1.165, 1.54) is 16.8 Å². The van der Waals surface area contributed by atoms with Gasteiger partial charge in [0.25, 0.3) is 5.56 Å². The Hall–Kier alpha value is -3.13. The molecular formula is C22H22N2O5S. The SMILES string of the molecule is O=c1ccn(-c2ccc(CS(=O)(=O)c3cccc(OC4CCCC4)c3)cc2)c(=O)[nH]1. The van der Waals surface area contributed by atoms with Crippen LogP contribution in [0.25, 0.3) is 5.69 Å². The van der Waals surface area contributed by atoms with Gasteiger partial charge in [0.05, 0.1) is 22.4 Å². The van der Waals surface area contributed by atoms with Crippen molar-refractivity contribution in [1.82, 2.24) is 9.55 Å². The molecule has 0 spiro atoms. The number of rotatable bonds is 6. The van der Waals surface area contributed by atoms with Crippen LogP contribution in [0.1, 0.15) is 31.2 Å². The molecule has 1 aromatic heterocycles. The van der Waals surface area contributed by atoms with Gasteiger partial charge in [-0.05, 0) is 61.6 Å². The zero-order valence-electron chi connectivity index (χ0n) is 16.3. The molecule has 2 aromatic carbocycles. The molecule has 4 rings (SSSR count). The highest BCUT2D eigenvalue weighted by Gasteiger charge is 2.19. The molecule has 1 fully saturated rings. The minimum Gasteiger partial charge on any atom is -0.490 e. The normalized spacial score (nSPS) is 14.7. The molecule has 1 aliphatic rings. The van der Waals surface area contributed by atoms with Crippen LogP contribution in [-0.4, -0.2) is 24.1 Å². The van der Waals surface area contributed by atoms with Gasteiger partial charge in [-0.1, -0.05) is 18.2 Å². The number of nitrogens with zero attached hydrogens (tertiary/aromatic N) is 1. The molecule has 7 nitrogen and oxygen atoms in total. The third kappa shape index (κ3) is 4.54. The van der Waals surface area contributed by atoms with Crippen molar-refractivity contribution in [1.29, 1.82) is 0 Å². The van der Waals surface area contributed by atoms with Crippen molar-refractivity contribution >= 4 is 9.84 Å². The van der Waals surface area contributed by atoms with Crippen LogP contribution in [0.15, 0.2) is 75.3 Å². The lowest BCUT2D eigenvalue weighted by atomic mass is 10.2. The molecule has 1 saturated carbocycles. The van der Waals surface area contributed by atoms with Gasteiger partial charge in [-0.25, -0.2) is 13.2 Å². The van der Waals surface area contributed by atoms with Crippen molar-refractivity contribution in [2.75, 3.05) is 0 Å². The molecule has 0 radical (unpaired) electrons. The lowest BCUT2D eigenvalue weighted by Gasteiger charge is -2.14. The summed E-state index contributed by atoms with van der Waals surface area (Å²) in [5, 5.41) is 0. The van der Waals surface area contributed by atoms with E-state index in [2.05, 4.69) is 4.98 Å². The molecule has 156 valence electrons. The van der Waals surface area contributed by atoms with Gasteiger partial charge >= 0.3 is 5.69 Å². The molecule has 0 bridgehead atoms. The lowest BCUT2D eigenvalue weighted by Crippen LogP contribution is -2.27. The average molecular weight is 426 g/mol. The Bertz CT molecular complexity index is 1250. The van der Waals surface area contributed by atoms with E-state index < -0.39 is 21.1 Å². The van der Waals surface area contributed by atoms with E-state index in [4.69, 9.17) is 4.74 Å². The molecule has 1 N–H and O–H groups in total. The second-order valence-electron chi connectivity index (χ2n) is 7.40.